The highest BCUT2D eigenvalue weighted by atomic mass is 15.3. The Kier molecular flexibility index (Phi) is 5.64. The minimum Gasteiger partial charge on any atom is -0.261 e. The van der Waals surface area contributed by atoms with Gasteiger partial charge in [-0.05, 0) is 18.9 Å². The van der Waals surface area contributed by atoms with Gasteiger partial charge in [0.2, 0.25) is 0 Å². The maximum Gasteiger partial charge on any atom is 0.0128 e. The predicted octanol–water partition coefficient (Wildman–Crippen LogP) is 1.39. The van der Waals surface area contributed by atoms with Crippen LogP contribution in [0, 0.1) is 11.8 Å². The second-order valence-corrected chi connectivity index (χ2v) is 2.99. The van der Waals surface area contributed by atoms with E-state index in [-0.39, 0.29) is 0 Å². The molecule has 2 N–H and O–H groups in total. The zero-order valence-corrected chi connectivity index (χ0v) is 7.57. The monoisotopic (exact) mass is 144 g/mol. The van der Waals surface area contributed by atoms with E-state index in [4.69, 9.17) is 0 Å². The van der Waals surface area contributed by atoms with Crippen molar-refractivity contribution in [2.75, 3.05) is 13.6 Å². The van der Waals surface area contributed by atoms with Gasteiger partial charge in [-0.25, -0.2) is 0 Å². The number of hydrazine groups is 1. The van der Waals surface area contributed by atoms with Gasteiger partial charge in [-0.15, -0.1) is 0 Å². The number of rotatable bonds is 5. The van der Waals surface area contributed by atoms with Crippen LogP contribution in [0.1, 0.15) is 27.2 Å². The molecule has 0 aromatic heterocycles. The predicted molar refractivity (Wildman–Crippen MR) is 45.7 cm³/mol. The first-order chi connectivity index (χ1) is 4.72. The molecule has 0 rings (SSSR count). The molecule has 0 saturated heterocycles. The molecule has 0 aliphatic heterocycles. The molecule has 10 heavy (non-hydrogen) atoms. The van der Waals surface area contributed by atoms with E-state index in [0.29, 0.717) is 0 Å². The fourth-order valence-corrected chi connectivity index (χ4v) is 0.867. The van der Waals surface area contributed by atoms with Gasteiger partial charge in [-0.3, -0.25) is 10.9 Å². The molecule has 0 aliphatic rings. The summed E-state index contributed by atoms with van der Waals surface area (Å²) >= 11 is 0. The van der Waals surface area contributed by atoms with Crippen LogP contribution in [0.15, 0.2) is 0 Å². The molecule has 0 spiro atoms. The van der Waals surface area contributed by atoms with Gasteiger partial charge in [0.25, 0.3) is 0 Å². The molecular weight excluding hydrogens is 124 g/mol. The molecule has 0 aliphatic carbocycles. The van der Waals surface area contributed by atoms with Crippen LogP contribution in [0.25, 0.3) is 0 Å². The summed E-state index contributed by atoms with van der Waals surface area (Å²) in [6.07, 6.45) is 1.27. The molecule has 62 valence electrons. The third-order valence-electron chi connectivity index (χ3n) is 2.22. The Labute approximate surface area is 64.4 Å². The van der Waals surface area contributed by atoms with Crippen molar-refractivity contribution in [1.29, 1.82) is 0 Å². The Morgan fingerprint density at radius 1 is 1.20 bits per heavy atom. The molecular formula is C8H20N2. The lowest BCUT2D eigenvalue weighted by molar-refractivity contribution is 0.346. The quantitative estimate of drug-likeness (QED) is 0.570. The van der Waals surface area contributed by atoms with Gasteiger partial charge in [0, 0.05) is 6.54 Å². The van der Waals surface area contributed by atoms with Gasteiger partial charge in [-0.1, -0.05) is 27.2 Å². The summed E-state index contributed by atoms with van der Waals surface area (Å²) in [4.78, 5) is 0. The third kappa shape index (κ3) is 3.85. The van der Waals surface area contributed by atoms with E-state index in [9.17, 15) is 0 Å². The van der Waals surface area contributed by atoms with Gasteiger partial charge in [0.15, 0.2) is 0 Å². The van der Waals surface area contributed by atoms with Gasteiger partial charge < -0.3 is 0 Å². The topological polar surface area (TPSA) is 24.1 Å². The molecule has 2 unspecified atom stereocenters. The van der Waals surface area contributed by atoms with E-state index in [1.807, 2.05) is 7.05 Å². The van der Waals surface area contributed by atoms with E-state index in [2.05, 4.69) is 31.6 Å². The lowest BCUT2D eigenvalue weighted by Gasteiger charge is -2.17. The summed E-state index contributed by atoms with van der Waals surface area (Å²) in [5, 5.41) is 0. The second-order valence-electron chi connectivity index (χ2n) is 2.99. The lowest BCUT2D eigenvalue weighted by Crippen LogP contribution is -2.33. The van der Waals surface area contributed by atoms with Crippen LogP contribution >= 0.6 is 0 Å². The zero-order chi connectivity index (χ0) is 7.98. The fraction of sp³-hybridized carbons (Fsp3) is 1.00. The molecule has 0 aromatic rings. The van der Waals surface area contributed by atoms with Gasteiger partial charge in [0.05, 0.1) is 0 Å². The Bertz CT molecular complexity index is 73.7. The Balaban J connectivity index is 3.31. The van der Waals surface area contributed by atoms with Crippen molar-refractivity contribution < 1.29 is 0 Å². The highest BCUT2D eigenvalue weighted by molar-refractivity contribution is 4.60. The van der Waals surface area contributed by atoms with Crippen LogP contribution in [-0.4, -0.2) is 13.6 Å². The molecule has 2 nitrogen and oxygen atoms in total. The average Bonchev–Trinajstić information content (AvgIpc) is 1.98. The van der Waals surface area contributed by atoms with Crippen molar-refractivity contribution in [3.05, 3.63) is 0 Å². The Hall–Kier alpha value is -0.0800. The fourth-order valence-electron chi connectivity index (χ4n) is 0.867. The summed E-state index contributed by atoms with van der Waals surface area (Å²) in [6.45, 7) is 7.87. The maximum atomic E-state index is 3.11. The maximum absolute atomic E-state index is 3.11. The van der Waals surface area contributed by atoms with Crippen LogP contribution in [0.4, 0.5) is 0 Å². The lowest BCUT2D eigenvalue weighted by atomic mass is 9.94. The second kappa shape index (κ2) is 5.69. The third-order valence-corrected chi connectivity index (χ3v) is 2.22. The van der Waals surface area contributed by atoms with Crippen LogP contribution in [-0.2, 0) is 0 Å². The smallest absolute Gasteiger partial charge is 0.0128 e. The number of hydrogen-bond acceptors (Lipinski definition) is 2. The van der Waals surface area contributed by atoms with Gasteiger partial charge in [-0.2, -0.15) is 0 Å². The standard InChI is InChI=1S/C8H20N2/c1-5-7(2)8(3)6-10-9-4/h7-10H,5-6H2,1-4H3. The molecule has 0 saturated carbocycles. The molecule has 0 radical (unpaired) electrons. The normalized spacial score (nSPS) is 16.8. The van der Waals surface area contributed by atoms with Crippen molar-refractivity contribution in [2.24, 2.45) is 11.8 Å². The SMILES string of the molecule is CCC(C)C(C)CNNC. The summed E-state index contributed by atoms with van der Waals surface area (Å²) in [6, 6.07) is 0. The van der Waals surface area contributed by atoms with Crippen LogP contribution in [0.5, 0.6) is 0 Å². The molecule has 0 aromatic carbocycles. The molecule has 2 atom stereocenters. The molecule has 0 heterocycles. The van der Waals surface area contributed by atoms with E-state index >= 15 is 0 Å². The first-order valence-electron chi connectivity index (χ1n) is 4.12. The van der Waals surface area contributed by atoms with Crippen LogP contribution < -0.4 is 10.9 Å². The minimum absolute atomic E-state index is 0.762. The Morgan fingerprint density at radius 3 is 2.20 bits per heavy atom. The molecule has 0 amide bonds. The number of nitrogens with one attached hydrogen (secondary N) is 2. The first kappa shape index (κ1) is 9.92. The highest BCUT2D eigenvalue weighted by Gasteiger charge is 2.08. The van der Waals surface area contributed by atoms with Crippen molar-refractivity contribution in [2.45, 2.75) is 27.2 Å². The minimum atomic E-state index is 0.762. The summed E-state index contributed by atoms with van der Waals surface area (Å²) in [5.41, 5.74) is 6.04. The van der Waals surface area contributed by atoms with Crippen molar-refractivity contribution >= 4 is 0 Å². The van der Waals surface area contributed by atoms with Crippen LogP contribution in [0.3, 0.4) is 0 Å². The van der Waals surface area contributed by atoms with Crippen molar-refractivity contribution in [3.63, 3.8) is 0 Å². The highest BCUT2D eigenvalue weighted by Crippen LogP contribution is 2.12. The van der Waals surface area contributed by atoms with E-state index in [0.717, 1.165) is 18.4 Å². The molecule has 2 heteroatoms. The van der Waals surface area contributed by atoms with Crippen molar-refractivity contribution in [1.82, 2.24) is 10.9 Å². The van der Waals surface area contributed by atoms with E-state index in [1.165, 1.54) is 6.42 Å². The van der Waals surface area contributed by atoms with Gasteiger partial charge >= 0.3 is 0 Å². The van der Waals surface area contributed by atoms with Gasteiger partial charge in [0.1, 0.15) is 0 Å². The van der Waals surface area contributed by atoms with E-state index < -0.39 is 0 Å². The largest absolute Gasteiger partial charge is 0.261 e. The van der Waals surface area contributed by atoms with Crippen LogP contribution in [0.2, 0.25) is 0 Å². The Morgan fingerprint density at radius 2 is 1.80 bits per heavy atom. The first-order valence-corrected chi connectivity index (χ1v) is 4.12. The molecule has 0 bridgehead atoms. The number of hydrogen-bond donors (Lipinski definition) is 2. The van der Waals surface area contributed by atoms with E-state index in [1.54, 1.807) is 0 Å². The van der Waals surface area contributed by atoms with Crippen molar-refractivity contribution in [3.8, 4) is 0 Å². The summed E-state index contributed by atoms with van der Waals surface area (Å²) in [5.74, 6) is 1.58. The summed E-state index contributed by atoms with van der Waals surface area (Å²) < 4.78 is 0. The molecule has 0 fully saturated rings. The zero-order valence-electron chi connectivity index (χ0n) is 7.57. The average molecular weight is 144 g/mol. The summed E-state index contributed by atoms with van der Waals surface area (Å²) in [7, 11) is 1.91.